The summed E-state index contributed by atoms with van der Waals surface area (Å²) in [5.41, 5.74) is 4.61. The van der Waals surface area contributed by atoms with E-state index in [1.807, 2.05) is 13.8 Å². The van der Waals surface area contributed by atoms with E-state index in [1.165, 1.54) is 40.2 Å². The van der Waals surface area contributed by atoms with Gasteiger partial charge in [-0.2, -0.15) is 4.31 Å². The molecule has 1 aromatic heterocycles. The zero-order chi connectivity index (χ0) is 24.3. The summed E-state index contributed by atoms with van der Waals surface area (Å²) in [5.74, 6) is -0.726. The van der Waals surface area contributed by atoms with Crippen LogP contribution in [-0.2, 0) is 16.6 Å². The smallest absolute Gasteiger partial charge is 0.330 e. The first kappa shape index (κ1) is 24.7. The Kier molecular flexibility index (Phi) is 7.43. The van der Waals surface area contributed by atoms with Crippen LogP contribution in [0.3, 0.4) is 0 Å². The van der Waals surface area contributed by atoms with Gasteiger partial charge in [-0.3, -0.25) is 19.1 Å². The third-order valence-electron chi connectivity index (χ3n) is 6.02. The van der Waals surface area contributed by atoms with E-state index in [0.717, 1.165) is 30.6 Å². The van der Waals surface area contributed by atoms with Gasteiger partial charge in [-0.1, -0.05) is 25.8 Å². The number of H-pyrrole nitrogens is 1. The van der Waals surface area contributed by atoms with Gasteiger partial charge in [0.05, 0.1) is 4.90 Å². The molecule has 2 aromatic rings. The maximum Gasteiger partial charge on any atom is 0.330 e. The molecule has 1 aliphatic heterocycles. The van der Waals surface area contributed by atoms with E-state index in [1.54, 1.807) is 0 Å². The molecule has 180 valence electrons. The van der Waals surface area contributed by atoms with Crippen LogP contribution in [0.5, 0.6) is 0 Å². The van der Waals surface area contributed by atoms with Gasteiger partial charge in [0, 0.05) is 31.7 Å². The van der Waals surface area contributed by atoms with Crippen molar-refractivity contribution in [1.82, 2.24) is 13.9 Å². The van der Waals surface area contributed by atoms with Crippen molar-refractivity contribution in [3.05, 3.63) is 50.7 Å². The number of nitrogens with two attached hydrogens (primary N) is 1. The molecule has 0 aliphatic carbocycles. The van der Waals surface area contributed by atoms with Gasteiger partial charge in [-0.15, -0.1) is 0 Å². The first-order valence-corrected chi connectivity index (χ1v) is 12.6. The number of nitrogens with one attached hydrogen (secondary N) is 1. The van der Waals surface area contributed by atoms with Crippen molar-refractivity contribution in [3.8, 4) is 0 Å². The number of amides is 1. The molecule has 1 fully saturated rings. The van der Waals surface area contributed by atoms with Crippen LogP contribution >= 0.6 is 0 Å². The molecule has 1 aromatic carbocycles. The molecule has 3 rings (SSSR count). The molecule has 1 aliphatic rings. The molecule has 33 heavy (non-hydrogen) atoms. The predicted molar refractivity (Wildman–Crippen MR) is 127 cm³/mol. The second-order valence-corrected chi connectivity index (χ2v) is 10.2. The van der Waals surface area contributed by atoms with E-state index >= 15 is 0 Å². The molecule has 1 atom stereocenters. The van der Waals surface area contributed by atoms with Crippen molar-refractivity contribution in [3.63, 3.8) is 0 Å². The van der Waals surface area contributed by atoms with Crippen molar-refractivity contribution < 1.29 is 13.2 Å². The fourth-order valence-corrected chi connectivity index (χ4v) is 5.83. The number of aromatic nitrogens is 2. The van der Waals surface area contributed by atoms with Gasteiger partial charge in [-0.25, -0.2) is 13.2 Å². The summed E-state index contributed by atoms with van der Waals surface area (Å²) in [6.45, 7) is 4.57. The lowest BCUT2D eigenvalue weighted by molar-refractivity contribution is 0.0992. The second kappa shape index (κ2) is 9.92. The molecule has 1 saturated heterocycles. The lowest BCUT2D eigenvalue weighted by atomic mass is 10.1. The Hall–Kier alpha value is -2.92. The van der Waals surface area contributed by atoms with E-state index in [0.29, 0.717) is 19.5 Å². The van der Waals surface area contributed by atoms with Crippen molar-refractivity contribution in [2.75, 3.05) is 24.2 Å². The van der Waals surface area contributed by atoms with Crippen molar-refractivity contribution >= 4 is 27.4 Å². The minimum atomic E-state index is -3.77. The minimum Gasteiger partial charge on any atom is -0.383 e. The van der Waals surface area contributed by atoms with Gasteiger partial charge in [0.2, 0.25) is 10.0 Å². The molecule has 0 spiro atoms. The number of hydrogen-bond donors (Lipinski definition) is 2. The number of rotatable bonds is 7. The maximum atomic E-state index is 13.2. The SMILES string of the molecule is CCCCn1c(N)c(N(C)C(=O)c2cccc(S(=O)(=O)N3CCCCC3C)c2)c(=O)[nH]c1=O. The van der Waals surface area contributed by atoms with Crippen LogP contribution in [0.2, 0.25) is 0 Å². The largest absolute Gasteiger partial charge is 0.383 e. The van der Waals surface area contributed by atoms with E-state index in [2.05, 4.69) is 4.98 Å². The standard InChI is InChI=1S/C22H31N5O5S/c1-4-5-12-26-19(23)18(20(28)24-22(26)30)25(3)21(29)16-10-8-11-17(14-16)33(31,32)27-13-7-6-9-15(27)2/h8,10-11,14-15H,4-7,9,12-13,23H2,1-3H3,(H,24,28,30). The third-order valence-corrected chi connectivity index (χ3v) is 8.03. The van der Waals surface area contributed by atoms with Gasteiger partial charge in [0.1, 0.15) is 5.82 Å². The molecule has 1 unspecified atom stereocenters. The Balaban J connectivity index is 1.97. The average Bonchev–Trinajstić information content (AvgIpc) is 2.78. The fourth-order valence-electron chi connectivity index (χ4n) is 4.09. The van der Waals surface area contributed by atoms with Gasteiger partial charge in [-0.05, 0) is 44.4 Å². The number of benzene rings is 1. The summed E-state index contributed by atoms with van der Waals surface area (Å²) in [7, 11) is -2.41. The zero-order valence-electron chi connectivity index (χ0n) is 19.2. The number of anilines is 2. The monoisotopic (exact) mass is 477 g/mol. The number of piperidine rings is 1. The first-order valence-electron chi connectivity index (χ1n) is 11.1. The molecular formula is C22H31N5O5S. The van der Waals surface area contributed by atoms with Crippen LogP contribution in [0.4, 0.5) is 11.5 Å². The van der Waals surface area contributed by atoms with E-state index < -0.39 is 27.2 Å². The summed E-state index contributed by atoms with van der Waals surface area (Å²) in [5, 5.41) is 0. The van der Waals surface area contributed by atoms with Crippen LogP contribution in [0, 0.1) is 0 Å². The number of nitrogens with zero attached hydrogens (tertiary/aromatic N) is 3. The molecule has 2 heterocycles. The quantitative estimate of drug-likeness (QED) is 0.623. The molecule has 1 amide bonds. The number of aromatic amines is 1. The van der Waals surface area contributed by atoms with Crippen molar-refractivity contribution in [2.24, 2.45) is 0 Å². The van der Waals surface area contributed by atoms with Crippen LogP contribution in [0.15, 0.2) is 38.8 Å². The third kappa shape index (κ3) is 4.88. The topological polar surface area (TPSA) is 139 Å². The molecule has 11 heteroatoms. The highest BCUT2D eigenvalue weighted by molar-refractivity contribution is 7.89. The van der Waals surface area contributed by atoms with E-state index in [4.69, 9.17) is 5.73 Å². The number of unbranched alkanes of at least 4 members (excludes halogenated alkanes) is 1. The molecular weight excluding hydrogens is 446 g/mol. The highest BCUT2D eigenvalue weighted by Gasteiger charge is 2.31. The van der Waals surface area contributed by atoms with Crippen LogP contribution in [0.25, 0.3) is 0 Å². The lowest BCUT2D eigenvalue weighted by Gasteiger charge is -2.32. The molecule has 10 nitrogen and oxygen atoms in total. The minimum absolute atomic E-state index is 0.0188. The first-order chi connectivity index (χ1) is 15.6. The van der Waals surface area contributed by atoms with Gasteiger partial charge >= 0.3 is 5.69 Å². The summed E-state index contributed by atoms with van der Waals surface area (Å²) >= 11 is 0. The molecule has 0 radical (unpaired) electrons. The number of hydrogen-bond acceptors (Lipinski definition) is 6. The Morgan fingerprint density at radius 2 is 2.00 bits per heavy atom. The second-order valence-electron chi connectivity index (χ2n) is 8.35. The summed E-state index contributed by atoms with van der Waals surface area (Å²) in [6.07, 6.45) is 4.04. The maximum absolute atomic E-state index is 13.2. The summed E-state index contributed by atoms with van der Waals surface area (Å²) in [6, 6.07) is 5.63. The highest BCUT2D eigenvalue weighted by atomic mass is 32.2. The Bertz CT molecular complexity index is 1250. The fraction of sp³-hybridized carbons (Fsp3) is 0.500. The van der Waals surface area contributed by atoms with Crippen LogP contribution in [-0.4, -0.2) is 47.8 Å². The van der Waals surface area contributed by atoms with Crippen molar-refractivity contribution in [1.29, 1.82) is 0 Å². The number of carbonyl (C=O) groups excluding carboxylic acids is 1. The molecule has 3 N–H and O–H groups in total. The van der Waals surface area contributed by atoms with Crippen LogP contribution in [0.1, 0.15) is 56.3 Å². The Morgan fingerprint density at radius 1 is 1.27 bits per heavy atom. The van der Waals surface area contributed by atoms with Gasteiger partial charge < -0.3 is 10.6 Å². The normalized spacial score (nSPS) is 17.1. The number of carbonyl (C=O) groups is 1. The lowest BCUT2D eigenvalue weighted by Crippen LogP contribution is -2.42. The van der Waals surface area contributed by atoms with E-state index in [9.17, 15) is 22.8 Å². The van der Waals surface area contributed by atoms with Crippen LogP contribution < -0.4 is 21.9 Å². The highest BCUT2D eigenvalue weighted by Crippen LogP contribution is 2.26. The molecule has 0 bridgehead atoms. The van der Waals surface area contributed by atoms with E-state index in [-0.39, 0.29) is 28.0 Å². The molecule has 0 saturated carbocycles. The average molecular weight is 478 g/mol. The van der Waals surface area contributed by atoms with Crippen molar-refractivity contribution in [2.45, 2.75) is 63.4 Å². The summed E-state index contributed by atoms with van der Waals surface area (Å²) in [4.78, 5) is 41.1. The summed E-state index contributed by atoms with van der Waals surface area (Å²) < 4.78 is 29.1. The van der Waals surface area contributed by atoms with Gasteiger partial charge in [0.25, 0.3) is 11.5 Å². The number of sulfonamides is 1. The van der Waals surface area contributed by atoms with Gasteiger partial charge in [0.15, 0.2) is 5.69 Å². The Labute approximate surface area is 193 Å². The number of nitrogen functional groups attached to an aromatic ring is 1. The zero-order valence-corrected chi connectivity index (χ0v) is 20.0. The predicted octanol–water partition coefficient (Wildman–Crippen LogP) is 1.76. The Morgan fingerprint density at radius 3 is 2.67 bits per heavy atom.